The Labute approximate surface area is 96.2 Å². The molecule has 0 amide bonds. The number of likely N-dealkylation sites (N-methyl/N-ethyl adjacent to an activating group) is 1. The second-order valence-corrected chi connectivity index (χ2v) is 4.97. The largest absolute Gasteiger partial charge is 0.379 e. The van der Waals surface area contributed by atoms with Gasteiger partial charge in [0.05, 0.1) is 11.4 Å². The summed E-state index contributed by atoms with van der Waals surface area (Å²) in [4.78, 5) is 2.28. The lowest BCUT2D eigenvalue weighted by molar-refractivity contribution is 0.514. The van der Waals surface area contributed by atoms with Crippen molar-refractivity contribution in [3.05, 3.63) is 23.2 Å². The van der Waals surface area contributed by atoms with Gasteiger partial charge in [-0.15, -0.1) is 0 Å². The molecule has 1 aromatic rings. The molecule has 0 radical (unpaired) electrons. The van der Waals surface area contributed by atoms with Crippen molar-refractivity contribution in [2.75, 3.05) is 23.8 Å². The normalized spacial score (nSPS) is 20.1. The number of hydrogen-bond donors (Lipinski definition) is 1. The number of nitrogens with one attached hydrogen (secondary N) is 1. The van der Waals surface area contributed by atoms with Gasteiger partial charge in [0, 0.05) is 24.7 Å². The number of nitrogens with zero attached hydrogens (tertiary/aromatic N) is 1. The summed E-state index contributed by atoms with van der Waals surface area (Å²) < 4.78 is 0. The lowest BCUT2D eigenvalue weighted by atomic mass is 10.0. The van der Waals surface area contributed by atoms with Crippen LogP contribution in [0.2, 0.25) is 5.02 Å². The smallest absolute Gasteiger partial charge is 0.0601 e. The maximum Gasteiger partial charge on any atom is 0.0601 e. The summed E-state index contributed by atoms with van der Waals surface area (Å²) in [5, 5.41) is 4.33. The number of fused-ring (bicyclic) bond motifs is 1. The summed E-state index contributed by atoms with van der Waals surface area (Å²) in [6, 6.07) is 6.51. The third kappa shape index (κ3) is 2.05. The van der Waals surface area contributed by atoms with Crippen molar-refractivity contribution >= 4 is 23.0 Å². The Balaban J connectivity index is 2.33. The number of anilines is 2. The Hall–Kier alpha value is -0.890. The van der Waals surface area contributed by atoms with E-state index in [9.17, 15) is 0 Å². The van der Waals surface area contributed by atoms with Crippen molar-refractivity contribution in [1.82, 2.24) is 0 Å². The van der Waals surface area contributed by atoms with Gasteiger partial charge in [-0.05, 0) is 24.1 Å². The van der Waals surface area contributed by atoms with E-state index in [1.807, 2.05) is 12.1 Å². The molecule has 0 aromatic heterocycles. The highest BCUT2D eigenvalue weighted by Gasteiger charge is 2.23. The molecule has 0 spiro atoms. The standard InChI is InChI=1S/C12H17ClN2/c1-8(2)11-7-15(3)12-5-4-9(13)6-10(12)14-11/h4-6,8,11,14H,7H2,1-3H3. The fourth-order valence-electron chi connectivity index (χ4n) is 1.97. The van der Waals surface area contributed by atoms with Crippen LogP contribution < -0.4 is 10.2 Å². The average molecular weight is 225 g/mol. The van der Waals surface area contributed by atoms with Crippen LogP contribution in [0.25, 0.3) is 0 Å². The van der Waals surface area contributed by atoms with Gasteiger partial charge in [-0.2, -0.15) is 0 Å². The van der Waals surface area contributed by atoms with Crippen molar-refractivity contribution < 1.29 is 0 Å². The van der Waals surface area contributed by atoms with E-state index in [-0.39, 0.29) is 0 Å². The molecule has 1 heterocycles. The quantitative estimate of drug-likeness (QED) is 0.788. The maximum atomic E-state index is 5.99. The minimum Gasteiger partial charge on any atom is -0.379 e. The van der Waals surface area contributed by atoms with Gasteiger partial charge in [-0.25, -0.2) is 0 Å². The van der Waals surface area contributed by atoms with Gasteiger partial charge < -0.3 is 10.2 Å². The molecule has 0 aliphatic carbocycles. The molecule has 0 bridgehead atoms. The number of benzene rings is 1. The minimum atomic E-state index is 0.501. The van der Waals surface area contributed by atoms with Gasteiger partial charge in [0.1, 0.15) is 0 Å². The van der Waals surface area contributed by atoms with Gasteiger partial charge in [-0.1, -0.05) is 25.4 Å². The zero-order valence-electron chi connectivity index (χ0n) is 9.42. The first-order chi connectivity index (χ1) is 7.08. The summed E-state index contributed by atoms with van der Waals surface area (Å²) in [6.45, 7) is 5.52. The molecule has 2 nitrogen and oxygen atoms in total. The Bertz CT molecular complexity index is 363. The van der Waals surface area contributed by atoms with E-state index in [4.69, 9.17) is 11.6 Å². The van der Waals surface area contributed by atoms with Crippen LogP contribution in [0, 0.1) is 5.92 Å². The first kappa shape index (κ1) is 10.6. The second-order valence-electron chi connectivity index (χ2n) is 4.54. The zero-order valence-corrected chi connectivity index (χ0v) is 10.2. The molecule has 0 saturated heterocycles. The fourth-order valence-corrected chi connectivity index (χ4v) is 2.15. The lowest BCUT2D eigenvalue weighted by Gasteiger charge is -2.36. The molecular weight excluding hydrogens is 208 g/mol. The Morgan fingerprint density at radius 2 is 2.20 bits per heavy atom. The van der Waals surface area contributed by atoms with Gasteiger partial charge in [0.25, 0.3) is 0 Å². The zero-order chi connectivity index (χ0) is 11.0. The van der Waals surface area contributed by atoms with Crippen LogP contribution >= 0.6 is 11.6 Å². The number of rotatable bonds is 1. The average Bonchev–Trinajstić information content (AvgIpc) is 2.16. The summed E-state index contributed by atoms with van der Waals surface area (Å²) in [7, 11) is 2.13. The third-order valence-electron chi connectivity index (χ3n) is 2.99. The molecule has 0 fully saturated rings. The van der Waals surface area contributed by atoms with Crippen molar-refractivity contribution in [1.29, 1.82) is 0 Å². The molecule has 15 heavy (non-hydrogen) atoms. The van der Waals surface area contributed by atoms with E-state index in [1.54, 1.807) is 0 Å². The van der Waals surface area contributed by atoms with Crippen molar-refractivity contribution in [2.24, 2.45) is 5.92 Å². The van der Waals surface area contributed by atoms with Gasteiger partial charge in [-0.3, -0.25) is 0 Å². The summed E-state index contributed by atoms with van der Waals surface area (Å²) in [5.74, 6) is 0.625. The van der Waals surface area contributed by atoms with Crippen molar-refractivity contribution in [3.8, 4) is 0 Å². The highest BCUT2D eigenvalue weighted by molar-refractivity contribution is 6.31. The first-order valence-corrected chi connectivity index (χ1v) is 5.73. The topological polar surface area (TPSA) is 15.3 Å². The molecule has 3 heteroatoms. The summed E-state index contributed by atoms with van der Waals surface area (Å²) in [6.07, 6.45) is 0. The Kier molecular flexibility index (Phi) is 2.79. The van der Waals surface area contributed by atoms with Crippen LogP contribution in [0.1, 0.15) is 13.8 Å². The number of hydrogen-bond acceptors (Lipinski definition) is 2. The molecule has 1 unspecified atom stereocenters. The van der Waals surface area contributed by atoms with Gasteiger partial charge >= 0.3 is 0 Å². The third-order valence-corrected chi connectivity index (χ3v) is 3.22. The van der Waals surface area contributed by atoms with Gasteiger partial charge in [0.15, 0.2) is 0 Å². The van der Waals surface area contributed by atoms with Crippen LogP contribution in [0.5, 0.6) is 0 Å². The molecule has 1 aliphatic heterocycles. The summed E-state index contributed by atoms with van der Waals surface area (Å²) in [5.41, 5.74) is 2.38. The highest BCUT2D eigenvalue weighted by atomic mass is 35.5. The van der Waals surface area contributed by atoms with Crippen LogP contribution in [0.4, 0.5) is 11.4 Å². The first-order valence-electron chi connectivity index (χ1n) is 5.35. The molecule has 1 N–H and O–H groups in total. The fraction of sp³-hybridized carbons (Fsp3) is 0.500. The number of halogens is 1. The molecule has 1 atom stereocenters. The monoisotopic (exact) mass is 224 g/mol. The van der Waals surface area contributed by atoms with Crippen LogP contribution in [-0.2, 0) is 0 Å². The lowest BCUT2D eigenvalue weighted by Crippen LogP contribution is -2.42. The second kappa shape index (κ2) is 3.93. The molecule has 82 valence electrons. The summed E-state index contributed by atoms with van der Waals surface area (Å²) >= 11 is 5.99. The molecule has 0 saturated carbocycles. The SMILES string of the molecule is CC(C)C1CN(C)c2ccc(Cl)cc2N1. The van der Waals surface area contributed by atoms with E-state index in [1.165, 1.54) is 5.69 Å². The van der Waals surface area contributed by atoms with Crippen molar-refractivity contribution in [2.45, 2.75) is 19.9 Å². The van der Waals surface area contributed by atoms with Crippen LogP contribution in [-0.4, -0.2) is 19.6 Å². The predicted molar refractivity (Wildman–Crippen MR) is 67.0 cm³/mol. The Morgan fingerprint density at radius 1 is 1.47 bits per heavy atom. The Morgan fingerprint density at radius 3 is 2.87 bits per heavy atom. The predicted octanol–water partition coefficient (Wildman–Crippen LogP) is 3.23. The van der Waals surface area contributed by atoms with Crippen LogP contribution in [0.3, 0.4) is 0 Å². The van der Waals surface area contributed by atoms with Crippen molar-refractivity contribution in [3.63, 3.8) is 0 Å². The minimum absolute atomic E-state index is 0.501. The van der Waals surface area contributed by atoms with E-state index in [0.29, 0.717) is 12.0 Å². The van der Waals surface area contributed by atoms with Crippen LogP contribution in [0.15, 0.2) is 18.2 Å². The van der Waals surface area contributed by atoms with E-state index < -0.39 is 0 Å². The molecule has 1 aliphatic rings. The molecule has 1 aromatic carbocycles. The van der Waals surface area contributed by atoms with E-state index in [0.717, 1.165) is 17.3 Å². The molecule has 2 rings (SSSR count). The van der Waals surface area contributed by atoms with E-state index in [2.05, 4.69) is 37.2 Å². The maximum absolute atomic E-state index is 5.99. The molecular formula is C12H17ClN2. The highest BCUT2D eigenvalue weighted by Crippen LogP contribution is 2.33. The van der Waals surface area contributed by atoms with E-state index >= 15 is 0 Å². The van der Waals surface area contributed by atoms with Gasteiger partial charge in [0.2, 0.25) is 0 Å².